The highest BCUT2D eigenvalue weighted by atomic mass is 32.2. The summed E-state index contributed by atoms with van der Waals surface area (Å²) in [5.41, 5.74) is 1.04. The molecule has 1 amide bonds. The minimum atomic E-state index is -3.66. The molecule has 0 atom stereocenters. The number of benzene rings is 2. The van der Waals surface area contributed by atoms with E-state index in [2.05, 4.69) is 5.32 Å². The van der Waals surface area contributed by atoms with Gasteiger partial charge in [0.2, 0.25) is 15.9 Å². The Bertz CT molecular complexity index is 1120. The largest absolute Gasteiger partial charge is 0.495 e. The Hall–Kier alpha value is -3.04. The minimum absolute atomic E-state index is 0.130. The first-order valence-corrected chi connectivity index (χ1v) is 12.8. The van der Waals surface area contributed by atoms with Gasteiger partial charge in [0, 0.05) is 19.2 Å². The van der Waals surface area contributed by atoms with Crippen molar-refractivity contribution in [3.05, 3.63) is 48.0 Å². The standard InChI is InChI=1S/C25H32N2O6S/c1-4-33-23-12-9-19(17-24(23)32-3)10-14-25(28)26-21-18-20(11-13-22(21)31-2)34(29,30)27-15-7-5-6-8-16-27/h9-14,17-18H,4-8,15-16H2,1-3H3,(H,26,28). The van der Waals surface area contributed by atoms with Crippen LogP contribution < -0.4 is 19.5 Å². The molecule has 1 saturated heterocycles. The number of carbonyl (C=O) groups is 1. The molecule has 2 aromatic carbocycles. The lowest BCUT2D eigenvalue weighted by molar-refractivity contribution is -0.111. The molecular formula is C25H32N2O6S. The zero-order valence-corrected chi connectivity index (χ0v) is 20.7. The third-order valence-corrected chi connectivity index (χ3v) is 7.44. The van der Waals surface area contributed by atoms with Gasteiger partial charge in [-0.1, -0.05) is 18.9 Å². The molecule has 1 aliphatic heterocycles. The number of ether oxygens (including phenoxy) is 3. The van der Waals surface area contributed by atoms with Gasteiger partial charge in [-0.25, -0.2) is 8.42 Å². The Morgan fingerprint density at radius 3 is 2.29 bits per heavy atom. The second-order valence-electron chi connectivity index (χ2n) is 7.85. The number of nitrogens with one attached hydrogen (secondary N) is 1. The van der Waals surface area contributed by atoms with Gasteiger partial charge in [-0.3, -0.25) is 4.79 Å². The molecule has 8 nitrogen and oxygen atoms in total. The van der Waals surface area contributed by atoms with Gasteiger partial charge >= 0.3 is 0 Å². The lowest BCUT2D eigenvalue weighted by Crippen LogP contribution is -2.32. The van der Waals surface area contributed by atoms with Gasteiger partial charge in [0.05, 0.1) is 31.4 Å². The molecule has 0 saturated carbocycles. The summed E-state index contributed by atoms with van der Waals surface area (Å²) in [7, 11) is -0.637. The maximum atomic E-state index is 13.2. The summed E-state index contributed by atoms with van der Waals surface area (Å²) in [5.74, 6) is 1.14. The SMILES string of the molecule is CCOc1ccc(C=CC(=O)Nc2cc(S(=O)(=O)N3CCCCCC3)ccc2OC)cc1OC. The first-order chi connectivity index (χ1) is 16.4. The molecule has 1 aliphatic rings. The average molecular weight is 489 g/mol. The molecule has 0 unspecified atom stereocenters. The molecule has 0 aliphatic carbocycles. The van der Waals surface area contributed by atoms with Gasteiger partial charge in [-0.15, -0.1) is 0 Å². The Morgan fingerprint density at radius 2 is 1.65 bits per heavy atom. The van der Waals surface area contributed by atoms with Crippen LogP contribution in [0.15, 0.2) is 47.4 Å². The van der Waals surface area contributed by atoms with Gasteiger partial charge < -0.3 is 19.5 Å². The van der Waals surface area contributed by atoms with E-state index in [1.807, 2.05) is 13.0 Å². The smallest absolute Gasteiger partial charge is 0.248 e. The van der Waals surface area contributed by atoms with Gasteiger partial charge in [-0.2, -0.15) is 4.31 Å². The van der Waals surface area contributed by atoms with E-state index < -0.39 is 15.9 Å². The number of hydrogen-bond acceptors (Lipinski definition) is 6. The van der Waals surface area contributed by atoms with Crippen LogP contribution in [-0.4, -0.2) is 52.5 Å². The number of nitrogens with zero attached hydrogens (tertiary/aromatic N) is 1. The summed E-state index contributed by atoms with van der Waals surface area (Å²) < 4.78 is 44.0. The van der Waals surface area contributed by atoms with E-state index in [9.17, 15) is 13.2 Å². The molecule has 1 heterocycles. The van der Waals surface area contributed by atoms with Gasteiger partial charge in [0.25, 0.3) is 0 Å². The highest BCUT2D eigenvalue weighted by Crippen LogP contribution is 2.31. The Morgan fingerprint density at radius 1 is 0.971 bits per heavy atom. The fourth-order valence-corrected chi connectivity index (χ4v) is 5.33. The van der Waals surface area contributed by atoms with E-state index >= 15 is 0 Å². The molecule has 1 fully saturated rings. The van der Waals surface area contributed by atoms with E-state index in [1.165, 1.54) is 29.6 Å². The first-order valence-electron chi connectivity index (χ1n) is 11.4. The summed E-state index contributed by atoms with van der Waals surface area (Å²) in [6.07, 6.45) is 6.76. The molecule has 0 spiro atoms. The van der Waals surface area contributed by atoms with Crippen LogP contribution in [0.4, 0.5) is 5.69 Å². The summed E-state index contributed by atoms with van der Waals surface area (Å²) in [6.45, 7) is 3.41. The highest BCUT2D eigenvalue weighted by Gasteiger charge is 2.26. The lowest BCUT2D eigenvalue weighted by Gasteiger charge is -2.21. The third-order valence-electron chi connectivity index (χ3n) is 5.55. The van der Waals surface area contributed by atoms with Crippen molar-refractivity contribution in [2.24, 2.45) is 0 Å². The molecule has 9 heteroatoms. The Labute approximate surface area is 201 Å². The van der Waals surface area contributed by atoms with Gasteiger partial charge in [0.1, 0.15) is 5.75 Å². The van der Waals surface area contributed by atoms with Crippen LogP contribution in [0.25, 0.3) is 6.08 Å². The fourth-order valence-electron chi connectivity index (χ4n) is 3.79. The van der Waals surface area contributed by atoms with E-state index in [-0.39, 0.29) is 10.6 Å². The minimum Gasteiger partial charge on any atom is -0.495 e. The van der Waals surface area contributed by atoms with Crippen molar-refractivity contribution < 1.29 is 27.4 Å². The second-order valence-corrected chi connectivity index (χ2v) is 9.78. The molecule has 184 valence electrons. The lowest BCUT2D eigenvalue weighted by atomic mass is 10.2. The molecule has 0 bridgehead atoms. The van der Waals surface area contributed by atoms with E-state index in [1.54, 1.807) is 31.4 Å². The van der Waals surface area contributed by atoms with Crippen molar-refractivity contribution in [2.75, 3.05) is 39.2 Å². The highest BCUT2D eigenvalue weighted by molar-refractivity contribution is 7.89. The number of carbonyl (C=O) groups excluding carboxylic acids is 1. The molecular weight excluding hydrogens is 456 g/mol. The Balaban J connectivity index is 1.78. The van der Waals surface area contributed by atoms with Gasteiger partial charge in [0.15, 0.2) is 11.5 Å². The molecule has 0 aromatic heterocycles. The van der Waals surface area contributed by atoms with Crippen LogP contribution in [0.5, 0.6) is 17.2 Å². The Kier molecular flexibility index (Phi) is 8.95. The summed E-state index contributed by atoms with van der Waals surface area (Å²) in [4.78, 5) is 12.7. The zero-order valence-electron chi connectivity index (χ0n) is 19.9. The third kappa shape index (κ3) is 6.30. The molecule has 0 radical (unpaired) electrons. The van der Waals surface area contributed by atoms with Crippen molar-refractivity contribution >= 4 is 27.7 Å². The van der Waals surface area contributed by atoms with Crippen LogP contribution in [0, 0.1) is 0 Å². The van der Waals surface area contributed by atoms with Crippen molar-refractivity contribution in [3.8, 4) is 17.2 Å². The van der Waals surface area contributed by atoms with Crippen molar-refractivity contribution in [2.45, 2.75) is 37.5 Å². The summed E-state index contributed by atoms with van der Waals surface area (Å²) in [6, 6.07) is 9.87. The van der Waals surface area contributed by atoms with Crippen molar-refractivity contribution in [1.29, 1.82) is 0 Å². The van der Waals surface area contributed by atoms with E-state index in [4.69, 9.17) is 14.2 Å². The van der Waals surface area contributed by atoms with Crippen LogP contribution >= 0.6 is 0 Å². The van der Waals surface area contributed by atoms with Crippen LogP contribution in [-0.2, 0) is 14.8 Å². The second kappa shape index (κ2) is 11.9. The summed E-state index contributed by atoms with van der Waals surface area (Å²) >= 11 is 0. The topological polar surface area (TPSA) is 94.2 Å². The van der Waals surface area contributed by atoms with Gasteiger partial charge in [-0.05, 0) is 61.7 Å². The number of amides is 1. The van der Waals surface area contributed by atoms with Crippen molar-refractivity contribution in [3.63, 3.8) is 0 Å². The van der Waals surface area contributed by atoms with E-state index in [0.717, 1.165) is 31.2 Å². The molecule has 2 aromatic rings. The monoisotopic (exact) mass is 488 g/mol. The summed E-state index contributed by atoms with van der Waals surface area (Å²) in [5, 5.41) is 2.73. The number of rotatable bonds is 9. The maximum absolute atomic E-state index is 13.2. The van der Waals surface area contributed by atoms with Crippen LogP contribution in [0.3, 0.4) is 0 Å². The average Bonchev–Trinajstić information content (AvgIpc) is 3.14. The first kappa shape index (κ1) is 25.6. The fraction of sp³-hybridized carbons (Fsp3) is 0.400. The number of hydrogen-bond donors (Lipinski definition) is 1. The van der Waals surface area contributed by atoms with E-state index in [0.29, 0.717) is 36.9 Å². The number of sulfonamides is 1. The molecule has 3 rings (SSSR count). The predicted molar refractivity (Wildman–Crippen MR) is 132 cm³/mol. The van der Waals surface area contributed by atoms with Crippen molar-refractivity contribution in [1.82, 2.24) is 4.31 Å². The normalized spacial score (nSPS) is 15.0. The number of methoxy groups -OCH3 is 2. The quantitative estimate of drug-likeness (QED) is 0.529. The van der Waals surface area contributed by atoms with Crippen LogP contribution in [0.2, 0.25) is 0 Å². The number of anilines is 1. The van der Waals surface area contributed by atoms with Crippen LogP contribution in [0.1, 0.15) is 38.2 Å². The molecule has 34 heavy (non-hydrogen) atoms. The molecule has 1 N–H and O–H groups in total. The predicted octanol–water partition coefficient (Wildman–Crippen LogP) is 4.32. The zero-order chi connectivity index (χ0) is 24.6. The maximum Gasteiger partial charge on any atom is 0.248 e.